The molecule has 2 aliphatic heterocycles. The number of likely N-dealkylation sites (tertiary alicyclic amines) is 1. The standard InChI is InChI=1S/C24H38FN5O4/c1-24(2,3)21(23(34)29-14-19(32)12-20(29)22(33)26-4)30-13-17(27-28-30)9-10-18(31)11-15-5-7-16(25)8-6-15/h5-8,17-21,27-28,31-32H,9-14H2,1-4H3,(H,26,33). The summed E-state index contributed by atoms with van der Waals surface area (Å²) in [6, 6.07) is 4.89. The lowest BCUT2D eigenvalue weighted by atomic mass is 9.85. The second-order valence-electron chi connectivity index (χ2n) is 10.4. The fourth-order valence-corrected chi connectivity index (χ4v) is 4.83. The Morgan fingerprint density at radius 2 is 1.91 bits per heavy atom. The summed E-state index contributed by atoms with van der Waals surface area (Å²) >= 11 is 0. The number of carbonyl (C=O) groups is 2. The molecule has 5 unspecified atom stereocenters. The molecule has 0 saturated carbocycles. The van der Waals surface area contributed by atoms with E-state index < -0.39 is 29.7 Å². The number of rotatable bonds is 8. The molecule has 190 valence electrons. The Hall–Kier alpha value is -2.11. The molecule has 2 aliphatic rings. The molecule has 0 spiro atoms. The van der Waals surface area contributed by atoms with E-state index in [9.17, 15) is 24.2 Å². The van der Waals surface area contributed by atoms with Gasteiger partial charge in [-0.25, -0.2) is 14.8 Å². The highest BCUT2D eigenvalue weighted by Crippen LogP contribution is 2.30. The van der Waals surface area contributed by atoms with Crippen molar-refractivity contribution in [1.82, 2.24) is 26.2 Å². The van der Waals surface area contributed by atoms with Crippen LogP contribution in [-0.2, 0) is 16.0 Å². The zero-order valence-corrected chi connectivity index (χ0v) is 20.4. The van der Waals surface area contributed by atoms with Crippen molar-refractivity contribution < 1.29 is 24.2 Å². The van der Waals surface area contributed by atoms with E-state index in [0.29, 0.717) is 25.8 Å². The van der Waals surface area contributed by atoms with E-state index in [4.69, 9.17) is 0 Å². The zero-order valence-electron chi connectivity index (χ0n) is 20.4. The summed E-state index contributed by atoms with van der Waals surface area (Å²) in [6.07, 6.45) is 0.622. The molecule has 0 aromatic heterocycles. The molecule has 34 heavy (non-hydrogen) atoms. The van der Waals surface area contributed by atoms with Crippen molar-refractivity contribution >= 4 is 11.8 Å². The molecule has 2 amide bonds. The van der Waals surface area contributed by atoms with Crippen LogP contribution < -0.4 is 16.3 Å². The van der Waals surface area contributed by atoms with E-state index in [1.54, 1.807) is 12.1 Å². The largest absolute Gasteiger partial charge is 0.393 e. The molecule has 2 fully saturated rings. The maximum Gasteiger partial charge on any atom is 0.242 e. The molecular formula is C24H38FN5O4. The average molecular weight is 480 g/mol. The second kappa shape index (κ2) is 11.1. The van der Waals surface area contributed by atoms with Gasteiger partial charge in [0.2, 0.25) is 11.8 Å². The Kier molecular flexibility index (Phi) is 8.64. The van der Waals surface area contributed by atoms with E-state index in [0.717, 1.165) is 5.56 Å². The normalized spacial score (nSPS) is 25.4. The van der Waals surface area contributed by atoms with Crippen LogP contribution in [0.4, 0.5) is 4.39 Å². The predicted octanol–water partition coefficient (Wildman–Crippen LogP) is 0.325. The van der Waals surface area contributed by atoms with Crippen LogP contribution >= 0.6 is 0 Å². The first-order valence-corrected chi connectivity index (χ1v) is 11.9. The number of hydrazine groups is 2. The van der Waals surface area contributed by atoms with Gasteiger partial charge >= 0.3 is 0 Å². The molecule has 9 nitrogen and oxygen atoms in total. The van der Waals surface area contributed by atoms with Crippen LogP contribution in [-0.4, -0.2) is 82.4 Å². The third-order valence-electron chi connectivity index (χ3n) is 6.54. The molecule has 0 radical (unpaired) electrons. The summed E-state index contributed by atoms with van der Waals surface area (Å²) in [5.41, 5.74) is 6.76. The molecule has 0 aliphatic carbocycles. The van der Waals surface area contributed by atoms with Crippen LogP contribution in [0.5, 0.6) is 0 Å². The van der Waals surface area contributed by atoms with Gasteiger partial charge in [0, 0.05) is 32.6 Å². The molecule has 1 aromatic rings. The molecule has 0 bridgehead atoms. The lowest BCUT2D eigenvalue weighted by molar-refractivity contribution is -0.147. The number of aliphatic hydroxyl groups excluding tert-OH is 2. The Morgan fingerprint density at radius 1 is 1.24 bits per heavy atom. The van der Waals surface area contributed by atoms with Crippen LogP contribution in [0.2, 0.25) is 0 Å². The summed E-state index contributed by atoms with van der Waals surface area (Å²) in [4.78, 5) is 27.4. The van der Waals surface area contributed by atoms with Crippen LogP contribution in [0, 0.1) is 11.2 Å². The molecule has 3 rings (SSSR count). The molecule has 2 heterocycles. The van der Waals surface area contributed by atoms with Gasteiger partial charge in [-0.3, -0.25) is 9.59 Å². The lowest BCUT2D eigenvalue weighted by Crippen LogP contribution is -2.60. The highest BCUT2D eigenvalue weighted by Gasteiger charge is 2.47. The molecule has 2 saturated heterocycles. The third-order valence-corrected chi connectivity index (χ3v) is 6.54. The molecule has 5 N–H and O–H groups in total. The Labute approximate surface area is 200 Å². The first-order chi connectivity index (χ1) is 16.0. The fourth-order valence-electron chi connectivity index (χ4n) is 4.83. The van der Waals surface area contributed by atoms with E-state index in [1.807, 2.05) is 25.8 Å². The van der Waals surface area contributed by atoms with Crippen molar-refractivity contribution in [3.63, 3.8) is 0 Å². The maximum atomic E-state index is 13.6. The number of β-amino-alcohol motifs (C(OH)–C–C–N with tert-alkyl or cyclic N) is 1. The van der Waals surface area contributed by atoms with Gasteiger partial charge in [-0.1, -0.05) is 32.9 Å². The van der Waals surface area contributed by atoms with E-state index in [1.165, 1.54) is 24.1 Å². The Morgan fingerprint density at radius 3 is 2.53 bits per heavy atom. The molecule has 5 atom stereocenters. The average Bonchev–Trinajstić information content (AvgIpc) is 3.39. The minimum absolute atomic E-state index is 0.0134. The van der Waals surface area contributed by atoms with Crippen LogP contribution in [0.1, 0.15) is 45.6 Å². The topological polar surface area (TPSA) is 117 Å². The number of amides is 2. The first-order valence-electron chi connectivity index (χ1n) is 11.9. The maximum absolute atomic E-state index is 13.6. The van der Waals surface area contributed by atoms with E-state index in [-0.39, 0.29) is 36.6 Å². The quantitative estimate of drug-likeness (QED) is 0.365. The second-order valence-corrected chi connectivity index (χ2v) is 10.4. The molecular weight excluding hydrogens is 441 g/mol. The number of nitrogens with zero attached hydrogens (tertiary/aromatic N) is 2. The number of carbonyl (C=O) groups excluding carboxylic acids is 2. The van der Waals surface area contributed by atoms with Gasteiger partial charge in [0.1, 0.15) is 17.9 Å². The van der Waals surface area contributed by atoms with E-state index in [2.05, 4.69) is 16.3 Å². The first kappa shape index (κ1) is 26.5. The fraction of sp³-hybridized carbons (Fsp3) is 0.667. The zero-order chi connectivity index (χ0) is 25.0. The number of hydrogen-bond donors (Lipinski definition) is 5. The SMILES string of the molecule is CNC(=O)C1CC(O)CN1C(=O)C(N1CC(CCC(O)Cc2ccc(F)cc2)NN1)C(C)(C)C. The predicted molar refractivity (Wildman–Crippen MR) is 126 cm³/mol. The smallest absolute Gasteiger partial charge is 0.242 e. The minimum atomic E-state index is -0.730. The van der Waals surface area contributed by atoms with Gasteiger partial charge in [0.05, 0.1) is 12.2 Å². The molecule has 10 heteroatoms. The summed E-state index contributed by atoms with van der Waals surface area (Å²) in [5.74, 6) is -0.783. The van der Waals surface area contributed by atoms with Gasteiger partial charge in [-0.2, -0.15) is 5.53 Å². The number of aliphatic hydroxyl groups is 2. The Balaban J connectivity index is 1.60. The molecule has 1 aromatic carbocycles. The van der Waals surface area contributed by atoms with Crippen molar-refractivity contribution in [3.05, 3.63) is 35.6 Å². The summed E-state index contributed by atoms with van der Waals surface area (Å²) in [5, 5.41) is 25.0. The summed E-state index contributed by atoms with van der Waals surface area (Å²) < 4.78 is 13.1. The van der Waals surface area contributed by atoms with Gasteiger partial charge in [0.15, 0.2) is 0 Å². The number of halogens is 1. The van der Waals surface area contributed by atoms with Crippen molar-refractivity contribution in [2.45, 2.75) is 76.8 Å². The summed E-state index contributed by atoms with van der Waals surface area (Å²) in [6.45, 7) is 6.58. The van der Waals surface area contributed by atoms with Crippen molar-refractivity contribution in [2.24, 2.45) is 5.41 Å². The monoisotopic (exact) mass is 479 g/mol. The lowest BCUT2D eigenvalue weighted by Gasteiger charge is -2.39. The number of likely N-dealkylation sites (N-methyl/N-ethyl adjacent to an activating group) is 1. The number of hydrogen-bond acceptors (Lipinski definition) is 7. The van der Waals surface area contributed by atoms with Crippen molar-refractivity contribution in [1.29, 1.82) is 0 Å². The van der Waals surface area contributed by atoms with Gasteiger partial charge < -0.3 is 20.4 Å². The van der Waals surface area contributed by atoms with Gasteiger partial charge in [-0.15, -0.1) is 0 Å². The van der Waals surface area contributed by atoms with Crippen molar-refractivity contribution in [2.75, 3.05) is 20.1 Å². The Bertz CT molecular complexity index is 847. The summed E-state index contributed by atoms with van der Waals surface area (Å²) in [7, 11) is 1.53. The number of benzene rings is 1. The van der Waals surface area contributed by atoms with Gasteiger partial charge in [0.25, 0.3) is 0 Å². The van der Waals surface area contributed by atoms with Crippen LogP contribution in [0.25, 0.3) is 0 Å². The number of nitrogens with one attached hydrogen (secondary N) is 3. The minimum Gasteiger partial charge on any atom is -0.393 e. The third kappa shape index (κ3) is 6.51. The highest BCUT2D eigenvalue weighted by atomic mass is 19.1. The van der Waals surface area contributed by atoms with Crippen molar-refractivity contribution in [3.8, 4) is 0 Å². The van der Waals surface area contributed by atoms with Gasteiger partial charge in [-0.05, 0) is 42.4 Å². The van der Waals surface area contributed by atoms with E-state index >= 15 is 0 Å². The van der Waals surface area contributed by atoms with Crippen LogP contribution in [0.3, 0.4) is 0 Å². The van der Waals surface area contributed by atoms with Crippen LogP contribution in [0.15, 0.2) is 24.3 Å². The highest BCUT2D eigenvalue weighted by molar-refractivity contribution is 5.90.